The van der Waals surface area contributed by atoms with Gasteiger partial charge in [-0.25, -0.2) is 0 Å². The molecular weight excluding hydrogens is 767 g/mol. The van der Waals surface area contributed by atoms with E-state index in [4.69, 9.17) is 60.4 Å². The number of hydrogen-bond donors (Lipinski definition) is 0. The normalized spacial score (nSPS) is 13.7. The fourth-order valence-electron chi connectivity index (χ4n) is 3.74. The van der Waals surface area contributed by atoms with Gasteiger partial charge in [0.25, 0.3) is 0 Å². The van der Waals surface area contributed by atoms with Crippen molar-refractivity contribution in [1.29, 1.82) is 0 Å². The van der Waals surface area contributed by atoms with Gasteiger partial charge >= 0.3 is 38.2 Å². The van der Waals surface area contributed by atoms with Crippen LogP contribution in [0.3, 0.4) is 0 Å². The van der Waals surface area contributed by atoms with Crippen LogP contribution in [0.1, 0.15) is 22.8 Å². The van der Waals surface area contributed by atoms with E-state index >= 15 is 0 Å². The van der Waals surface area contributed by atoms with Crippen LogP contribution in [0.2, 0.25) is 0 Å². The largest absolute Gasteiger partial charge is 3.00 e. The van der Waals surface area contributed by atoms with E-state index in [0.29, 0.717) is 26.4 Å². The minimum Gasteiger partial charge on any atom is -0.457 e. The van der Waals surface area contributed by atoms with Gasteiger partial charge in [-0.2, -0.15) is 0 Å². The predicted octanol–water partition coefficient (Wildman–Crippen LogP) is 1.28. The maximum absolute atomic E-state index is 8.25. The molecule has 1 radical (unpaired) electrons. The zero-order valence-electron chi connectivity index (χ0n) is 24.4. The van der Waals surface area contributed by atoms with Crippen LogP contribution in [0, 0.1) is 84.1 Å². The summed E-state index contributed by atoms with van der Waals surface area (Å²) in [5, 5.41) is 44.2. The summed E-state index contributed by atoms with van der Waals surface area (Å²) >= 11 is 0. The molecule has 0 saturated carbocycles. The van der Waals surface area contributed by atoms with Crippen molar-refractivity contribution in [1.82, 2.24) is 24.8 Å². The van der Waals surface area contributed by atoms with Gasteiger partial charge in [-0.05, 0) is 36.4 Å². The smallest absolute Gasteiger partial charge is 0.457 e. The van der Waals surface area contributed by atoms with Crippen LogP contribution in [0.25, 0.3) is 0 Å². The minimum absolute atomic E-state index is 0. The molecule has 4 heterocycles. The number of nitrogens with zero attached hydrogens (tertiary/aromatic N) is 8. The summed E-state index contributed by atoms with van der Waals surface area (Å²) in [7, 11) is 0. The van der Waals surface area contributed by atoms with E-state index in [9.17, 15) is 0 Å². The summed E-state index contributed by atoms with van der Waals surface area (Å²) in [4.78, 5) is 43.4. The Morgan fingerprint density at radius 1 is 0.609 bits per heavy atom. The molecule has 2 bridgehead atoms. The van der Waals surface area contributed by atoms with Crippen LogP contribution in [0.4, 0.5) is 0 Å². The van der Waals surface area contributed by atoms with Crippen molar-refractivity contribution in [3.63, 3.8) is 0 Å². The first-order valence-electron chi connectivity index (χ1n) is 12.8. The topological polar surface area (TPSA) is 295 Å². The summed E-state index contributed by atoms with van der Waals surface area (Å²) < 4.78 is 11.6. The minimum atomic E-state index is -1.75. The zero-order valence-corrected chi connectivity index (χ0v) is 26.4. The van der Waals surface area contributed by atoms with E-state index in [1.54, 1.807) is 0 Å². The quantitative estimate of drug-likeness (QED) is 0.204. The molecule has 255 valence electrons. The second-order valence-electron chi connectivity index (χ2n) is 8.58. The third kappa shape index (κ3) is 25.4. The van der Waals surface area contributed by atoms with Gasteiger partial charge in [-0.1, -0.05) is 18.2 Å². The van der Waals surface area contributed by atoms with Gasteiger partial charge in [0.2, 0.25) is 0 Å². The Balaban J connectivity index is 0. The molecule has 4 rings (SSSR count). The summed E-state index contributed by atoms with van der Waals surface area (Å²) in [5.41, 5.74) is 4.21. The number of aromatic nitrogens is 3. The van der Waals surface area contributed by atoms with Crippen molar-refractivity contribution in [2.75, 3.05) is 39.5 Å². The number of rotatable bonds is 4. The third-order valence-electron chi connectivity index (χ3n) is 5.33. The van der Waals surface area contributed by atoms with Gasteiger partial charge in [0.15, 0.2) is 0 Å². The summed E-state index contributed by atoms with van der Waals surface area (Å²) in [6.07, 6.45) is 3.68. The van der Waals surface area contributed by atoms with Crippen molar-refractivity contribution in [2.45, 2.75) is 26.2 Å². The Morgan fingerprint density at radius 2 is 0.978 bits per heavy atom. The molecule has 0 amide bonds. The van der Waals surface area contributed by atoms with Crippen LogP contribution in [-0.4, -0.2) is 79.5 Å². The van der Waals surface area contributed by atoms with Crippen LogP contribution in [-0.2, 0) is 41.1 Å². The van der Waals surface area contributed by atoms with E-state index < -0.39 is 15.3 Å². The van der Waals surface area contributed by atoms with E-state index in [2.05, 4.69) is 50.1 Å². The monoisotopic (exact) mass is 802 g/mol. The molecule has 21 heteroatoms. The van der Waals surface area contributed by atoms with E-state index in [0.717, 1.165) is 62.0 Å². The van der Waals surface area contributed by atoms with E-state index in [1.165, 1.54) is 0 Å². The molecule has 3 N–H and O–H groups in total. The molecule has 46 heavy (non-hydrogen) atoms. The fraction of sp³-hybridized carbons (Fsp3) is 0.400. The number of ether oxygens (including phenoxy) is 2. The molecule has 1 aliphatic rings. The molecule has 0 aliphatic carbocycles. The number of hydrogen-bond acceptors (Lipinski definition) is 16. The van der Waals surface area contributed by atoms with Gasteiger partial charge in [-0.15, -0.1) is 0 Å². The predicted molar refractivity (Wildman–Crippen MR) is 159 cm³/mol. The van der Waals surface area contributed by atoms with Crippen molar-refractivity contribution in [2.24, 2.45) is 0 Å². The average molecular weight is 801 g/mol. The fourth-order valence-corrected chi connectivity index (χ4v) is 3.74. The Kier molecular flexibility index (Phi) is 26.4. The number of fused-ring (bicyclic) bond motifs is 2. The first kappa shape index (κ1) is 44.2. The van der Waals surface area contributed by atoms with Gasteiger partial charge in [-0.3, -0.25) is 24.8 Å². The number of pyridine rings is 3. The van der Waals surface area contributed by atoms with E-state index in [-0.39, 0.29) is 43.6 Å². The second kappa shape index (κ2) is 27.4. The van der Waals surface area contributed by atoms with Crippen LogP contribution >= 0.6 is 0 Å². The molecule has 0 atom stereocenters. The van der Waals surface area contributed by atoms with Crippen LogP contribution < -0.4 is 0 Å². The Hall–Kier alpha value is -3.88. The third-order valence-corrected chi connectivity index (χ3v) is 5.33. The molecular formula is C25H34DyN8O12+. The SMILES string of the molecule is O=[N+]([O-])[O-].O=[N+]([O-])[O-].O=[N+]([O-])[O-].[Dy+3].[OH3+].c1ccc(CN2CCOCCOCCN(Cc3ccccn3)Cc3cccc(n3)C2)nc1. The molecule has 0 fully saturated rings. The van der Waals surface area contributed by atoms with Crippen molar-refractivity contribution in [3.8, 4) is 0 Å². The van der Waals surface area contributed by atoms with Crippen LogP contribution in [0.15, 0.2) is 67.0 Å². The molecule has 3 aromatic rings. The molecule has 0 aromatic carbocycles. The first-order chi connectivity index (χ1) is 21.0. The maximum atomic E-state index is 8.25. The van der Waals surface area contributed by atoms with Crippen molar-refractivity contribution in [3.05, 3.63) is 136 Å². The summed E-state index contributed by atoms with van der Waals surface area (Å²) in [5.74, 6) is 0. The van der Waals surface area contributed by atoms with Gasteiger partial charge < -0.3 is 60.9 Å². The van der Waals surface area contributed by atoms with E-state index in [1.807, 2.05) is 36.7 Å². The maximum Gasteiger partial charge on any atom is 3.00 e. The summed E-state index contributed by atoms with van der Waals surface area (Å²) in [6.45, 7) is 7.17. The second-order valence-corrected chi connectivity index (χ2v) is 8.58. The van der Waals surface area contributed by atoms with Crippen molar-refractivity contribution >= 4 is 0 Å². The Bertz CT molecular complexity index is 1120. The molecule has 0 saturated heterocycles. The van der Waals surface area contributed by atoms with Crippen molar-refractivity contribution < 1.29 is 68.4 Å². The Labute approximate surface area is 293 Å². The van der Waals surface area contributed by atoms with Gasteiger partial charge in [0, 0.05) is 51.7 Å². The first-order valence-corrected chi connectivity index (χ1v) is 12.8. The van der Waals surface area contributed by atoms with Gasteiger partial charge in [0.1, 0.15) is 0 Å². The molecule has 1 aliphatic heterocycles. The average Bonchev–Trinajstić information content (AvgIpc) is 2.95. The zero-order chi connectivity index (χ0) is 32.6. The standard InChI is InChI=1S/C25H31N5O2.Dy.3NO3.H2O/c1-3-10-26-22(6-1)18-29-12-14-31-16-17-32-15-13-30(19-23-7-2-4-11-27-23)21-25-9-5-8-24(20-29)28-25;;3*2-1(3)4;/h1-11H,12-21H2;;;;;1H2/q;+3;3*-1;/p+1. The van der Waals surface area contributed by atoms with Crippen LogP contribution in [0.5, 0.6) is 0 Å². The Morgan fingerprint density at radius 3 is 1.30 bits per heavy atom. The summed E-state index contributed by atoms with van der Waals surface area (Å²) in [6, 6.07) is 18.4. The molecule has 20 nitrogen and oxygen atoms in total. The van der Waals surface area contributed by atoms with Gasteiger partial charge in [0.05, 0.1) is 64.5 Å². The molecule has 3 aromatic heterocycles. The molecule has 0 spiro atoms. The molecule has 0 unspecified atom stereocenters.